The quantitative estimate of drug-likeness (QED) is 0.754. The largest absolute Gasteiger partial charge is 0.371 e. The molecule has 0 radical (unpaired) electrons. The Bertz CT molecular complexity index is 997. The zero-order chi connectivity index (χ0) is 19.1. The predicted octanol–water partition coefficient (Wildman–Crippen LogP) is 2.65. The number of amides is 1. The molecule has 7 heteroatoms. The van der Waals surface area contributed by atoms with Crippen LogP contribution in [0.25, 0.3) is 10.9 Å². The molecule has 3 heterocycles. The number of benzene rings is 1. The van der Waals surface area contributed by atoms with Crippen LogP contribution in [0.15, 0.2) is 34.7 Å². The van der Waals surface area contributed by atoms with Crippen molar-refractivity contribution in [1.82, 2.24) is 9.88 Å². The highest BCUT2D eigenvalue weighted by Gasteiger charge is 2.42. The minimum atomic E-state index is -2.10. The van der Waals surface area contributed by atoms with Crippen molar-refractivity contribution in [2.45, 2.75) is 25.4 Å². The minimum Gasteiger partial charge on any atom is -0.371 e. The van der Waals surface area contributed by atoms with Crippen LogP contribution >= 0.6 is 0 Å². The van der Waals surface area contributed by atoms with Gasteiger partial charge in [0, 0.05) is 40.2 Å². The summed E-state index contributed by atoms with van der Waals surface area (Å²) >= 11 is 0. The molecule has 1 aromatic heterocycles. The molecule has 2 saturated heterocycles. The van der Waals surface area contributed by atoms with E-state index >= 15 is 0 Å². The van der Waals surface area contributed by atoms with E-state index in [9.17, 15) is 9.00 Å². The minimum absolute atomic E-state index is 0.0487. The van der Waals surface area contributed by atoms with Crippen LogP contribution in [0.1, 0.15) is 28.9 Å². The Morgan fingerprint density at radius 3 is 2.78 bits per heavy atom. The van der Waals surface area contributed by atoms with Crippen molar-refractivity contribution in [3.8, 4) is 0 Å². The molecule has 1 spiro atoms. The van der Waals surface area contributed by atoms with Crippen molar-refractivity contribution in [2.75, 3.05) is 38.2 Å². The van der Waals surface area contributed by atoms with Crippen LogP contribution < -0.4 is 0 Å². The van der Waals surface area contributed by atoms with Gasteiger partial charge in [-0.15, -0.1) is 0 Å². The van der Waals surface area contributed by atoms with E-state index in [4.69, 9.17) is 4.74 Å². The molecule has 1 amide bonds. The summed E-state index contributed by atoms with van der Waals surface area (Å²) in [6.07, 6.45) is 1.36. The number of morpholine rings is 1. The summed E-state index contributed by atoms with van der Waals surface area (Å²) in [5.41, 5.74) is 1.82. The predicted molar refractivity (Wildman–Crippen MR) is 107 cm³/mol. The summed E-state index contributed by atoms with van der Waals surface area (Å²) in [5, 5.41) is 1.04. The van der Waals surface area contributed by atoms with Crippen LogP contribution in [0.2, 0.25) is 0 Å². The lowest BCUT2D eigenvalue weighted by Gasteiger charge is -2.45. The Morgan fingerprint density at radius 1 is 1.30 bits per heavy atom. The SMILES string of the molecule is CN=S1(=O)CCC2(CC1)CN(C(=O)c1nc3ccccc3cc1C)CCO2. The van der Waals surface area contributed by atoms with Crippen LogP contribution in [-0.2, 0) is 14.5 Å². The van der Waals surface area contributed by atoms with Crippen LogP contribution in [-0.4, -0.2) is 63.9 Å². The van der Waals surface area contributed by atoms with Gasteiger partial charge in [0.1, 0.15) is 5.69 Å². The molecule has 2 fully saturated rings. The number of hydrogen-bond acceptors (Lipinski definition) is 5. The summed E-state index contributed by atoms with van der Waals surface area (Å²) in [7, 11) is -0.464. The van der Waals surface area contributed by atoms with Gasteiger partial charge in [0.15, 0.2) is 0 Å². The van der Waals surface area contributed by atoms with Gasteiger partial charge in [-0.25, -0.2) is 13.6 Å². The number of hydrogen-bond donors (Lipinski definition) is 0. The van der Waals surface area contributed by atoms with Gasteiger partial charge >= 0.3 is 0 Å². The maximum Gasteiger partial charge on any atom is 0.272 e. The summed E-state index contributed by atoms with van der Waals surface area (Å²) in [5.74, 6) is 1.03. The number of carbonyl (C=O) groups is 1. The molecule has 2 aromatic rings. The number of fused-ring (bicyclic) bond motifs is 1. The van der Waals surface area contributed by atoms with Crippen molar-refractivity contribution in [3.05, 3.63) is 41.6 Å². The van der Waals surface area contributed by atoms with E-state index in [1.807, 2.05) is 42.2 Å². The Balaban J connectivity index is 1.58. The lowest BCUT2D eigenvalue weighted by molar-refractivity contribution is -0.104. The highest BCUT2D eigenvalue weighted by Crippen LogP contribution is 2.32. The van der Waals surface area contributed by atoms with Crippen molar-refractivity contribution < 1.29 is 13.7 Å². The Hall–Kier alpha value is -1.99. The number of aryl methyl sites for hydroxylation is 1. The topological polar surface area (TPSA) is 71.9 Å². The molecule has 0 unspecified atom stereocenters. The van der Waals surface area contributed by atoms with Gasteiger partial charge in [0.2, 0.25) is 0 Å². The molecule has 144 valence electrons. The van der Waals surface area contributed by atoms with Gasteiger partial charge in [0.25, 0.3) is 5.91 Å². The molecule has 0 aliphatic carbocycles. The van der Waals surface area contributed by atoms with Gasteiger partial charge in [-0.2, -0.15) is 0 Å². The number of carbonyl (C=O) groups excluding carboxylic acids is 1. The number of ether oxygens (including phenoxy) is 1. The fraction of sp³-hybridized carbons (Fsp3) is 0.500. The number of pyridine rings is 1. The van der Waals surface area contributed by atoms with Crippen molar-refractivity contribution in [3.63, 3.8) is 0 Å². The molecule has 2 aliphatic rings. The molecule has 4 rings (SSSR count). The van der Waals surface area contributed by atoms with Crippen LogP contribution in [0.3, 0.4) is 0 Å². The van der Waals surface area contributed by atoms with Crippen molar-refractivity contribution in [1.29, 1.82) is 0 Å². The van der Waals surface area contributed by atoms with E-state index in [0.717, 1.165) is 16.5 Å². The number of nitrogens with zero attached hydrogens (tertiary/aromatic N) is 3. The molecule has 0 saturated carbocycles. The van der Waals surface area contributed by atoms with Crippen LogP contribution in [0.4, 0.5) is 0 Å². The first-order valence-electron chi connectivity index (χ1n) is 9.34. The van der Waals surface area contributed by atoms with Gasteiger partial charge in [-0.3, -0.25) is 4.79 Å². The molecule has 0 N–H and O–H groups in total. The summed E-state index contributed by atoms with van der Waals surface area (Å²) in [6, 6.07) is 9.86. The Morgan fingerprint density at radius 2 is 2.04 bits per heavy atom. The van der Waals surface area contributed by atoms with E-state index in [1.54, 1.807) is 7.05 Å². The van der Waals surface area contributed by atoms with E-state index in [1.165, 1.54) is 0 Å². The zero-order valence-electron chi connectivity index (χ0n) is 15.8. The second-order valence-electron chi connectivity index (χ2n) is 7.47. The van der Waals surface area contributed by atoms with E-state index in [0.29, 0.717) is 49.7 Å². The summed E-state index contributed by atoms with van der Waals surface area (Å²) in [4.78, 5) is 19.7. The lowest BCUT2D eigenvalue weighted by atomic mass is 9.94. The smallest absolute Gasteiger partial charge is 0.272 e. The third-order valence-corrected chi connectivity index (χ3v) is 8.09. The molecule has 0 atom stereocenters. The molecule has 2 aliphatic heterocycles. The first-order valence-corrected chi connectivity index (χ1v) is 11.2. The first kappa shape index (κ1) is 18.4. The van der Waals surface area contributed by atoms with Crippen molar-refractivity contribution in [2.24, 2.45) is 4.36 Å². The summed E-state index contributed by atoms with van der Waals surface area (Å²) < 4.78 is 22.7. The van der Waals surface area contributed by atoms with E-state index in [-0.39, 0.29) is 5.91 Å². The van der Waals surface area contributed by atoms with Crippen molar-refractivity contribution >= 4 is 26.5 Å². The van der Waals surface area contributed by atoms with Gasteiger partial charge in [0.05, 0.1) is 24.3 Å². The third-order valence-electron chi connectivity index (χ3n) is 5.74. The highest BCUT2D eigenvalue weighted by molar-refractivity contribution is 7.93. The molecule has 27 heavy (non-hydrogen) atoms. The fourth-order valence-corrected chi connectivity index (χ4v) is 5.96. The van der Waals surface area contributed by atoms with Gasteiger partial charge in [-0.1, -0.05) is 18.2 Å². The normalized spacial score (nSPS) is 28.4. The average molecular weight is 388 g/mol. The molecule has 1 aromatic carbocycles. The zero-order valence-corrected chi connectivity index (χ0v) is 16.6. The second-order valence-corrected chi connectivity index (χ2v) is 10.2. The molecular formula is C20H25N3O3S. The van der Waals surface area contributed by atoms with Gasteiger partial charge in [-0.05, 0) is 37.5 Å². The maximum absolute atomic E-state index is 13.2. The Labute approximate surface area is 160 Å². The maximum atomic E-state index is 13.2. The van der Waals surface area contributed by atoms with Crippen LogP contribution in [0.5, 0.6) is 0 Å². The molecule has 0 bridgehead atoms. The first-order chi connectivity index (χ1) is 12.9. The highest BCUT2D eigenvalue weighted by atomic mass is 32.2. The second kappa shape index (κ2) is 6.87. The standard InChI is InChI=1S/C20H25N3O3S/c1-15-13-16-5-3-4-6-17(16)22-18(15)19(24)23-9-10-26-20(14-23)7-11-27(25,21-2)12-8-20/h3-6,13H,7-12,14H2,1-2H3. The van der Waals surface area contributed by atoms with Crippen LogP contribution in [0, 0.1) is 6.92 Å². The third kappa shape index (κ3) is 3.46. The number of rotatable bonds is 1. The molecule has 6 nitrogen and oxygen atoms in total. The van der Waals surface area contributed by atoms with E-state index in [2.05, 4.69) is 9.35 Å². The van der Waals surface area contributed by atoms with Gasteiger partial charge < -0.3 is 9.64 Å². The average Bonchev–Trinajstić information content (AvgIpc) is 2.70. The summed E-state index contributed by atoms with van der Waals surface area (Å²) in [6.45, 7) is 3.52. The Kier molecular flexibility index (Phi) is 4.68. The van der Waals surface area contributed by atoms with E-state index < -0.39 is 15.3 Å². The fourth-order valence-electron chi connectivity index (χ4n) is 4.01. The number of para-hydroxylation sites is 1. The molecular weight excluding hydrogens is 362 g/mol. The number of aromatic nitrogens is 1. The monoisotopic (exact) mass is 387 g/mol. The lowest BCUT2D eigenvalue weighted by Crippen LogP contribution is -2.56.